The van der Waals surface area contributed by atoms with E-state index in [0.717, 1.165) is 22.2 Å². The lowest BCUT2D eigenvalue weighted by molar-refractivity contribution is 0.253. The molecule has 2 aromatic heterocycles. The first-order valence-electron chi connectivity index (χ1n) is 8.21. The van der Waals surface area contributed by atoms with Gasteiger partial charge >= 0.3 is 6.03 Å². The molecule has 5 heteroatoms. The van der Waals surface area contributed by atoms with E-state index < -0.39 is 6.03 Å². The summed E-state index contributed by atoms with van der Waals surface area (Å²) < 4.78 is 0. The Morgan fingerprint density at radius 1 is 1.16 bits per heavy atom. The molecule has 128 valence electrons. The zero-order valence-corrected chi connectivity index (χ0v) is 14.7. The van der Waals surface area contributed by atoms with Crippen LogP contribution in [0.3, 0.4) is 0 Å². The van der Waals surface area contributed by atoms with Gasteiger partial charge in [-0.15, -0.1) is 0 Å². The number of nitrogens with zero attached hydrogens (tertiary/aromatic N) is 3. The van der Waals surface area contributed by atoms with Crippen LogP contribution in [-0.2, 0) is 12.0 Å². The largest absolute Gasteiger partial charge is 0.351 e. The number of nitrogens with two attached hydrogens (primary N) is 1. The van der Waals surface area contributed by atoms with Crippen molar-refractivity contribution >= 4 is 22.5 Å². The van der Waals surface area contributed by atoms with Gasteiger partial charge in [-0.3, -0.25) is 14.9 Å². The summed E-state index contributed by atoms with van der Waals surface area (Å²) in [6, 6.07) is 11.2. The number of urea groups is 1. The number of carbonyl (C=O) groups is 1. The van der Waals surface area contributed by atoms with Gasteiger partial charge in [0.1, 0.15) is 0 Å². The molecule has 0 unspecified atom stereocenters. The van der Waals surface area contributed by atoms with E-state index >= 15 is 0 Å². The van der Waals surface area contributed by atoms with Crippen molar-refractivity contribution in [3.63, 3.8) is 0 Å². The van der Waals surface area contributed by atoms with Crippen LogP contribution >= 0.6 is 0 Å². The van der Waals surface area contributed by atoms with Crippen molar-refractivity contribution in [2.75, 3.05) is 4.90 Å². The third-order valence-corrected chi connectivity index (χ3v) is 4.22. The second kappa shape index (κ2) is 6.51. The molecule has 0 radical (unpaired) electrons. The number of hydrogen-bond donors (Lipinski definition) is 1. The molecule has 0 fully saturated rings. The predicted octanol–water partition coefficient (Wildman–Crippen LogP) is 4.01. The molecule has 2 amide bonds. The zero-order chi connectivity index (χ0) is 18.0. The van der Waals surface area contributed by atoms with E-state index in [1.54, 1.807) is 23.5 Å². The van der Waals surface area contributed by atoms with Crippen LogP contribution in [0.15, 0.2) is 55.0 Å². The molecule has 2 heterocycles. The lowest BCUT2D eigenvalue weighted by Crippen LogP contribution is -2.35. The molecule has 5 nitrogen and oxygen atoms in total. The molecule has 2 N–H and O–H groups in total. The number of benzene rings is 1. The molecule has 0 aliphatic rings. The Morgan fingerprint density at radius 3 is 2.68 bits per heavy atom. The number of rotatable bonds is 3. The van der Waals surface area contributed by atoms with Gasteiger partial charge in [-0.2, -0.15) is 0 Å². The van der Waals surface area contributed by atoms with Gasteiger partial charge in [0.15, 0.2) is 0 Å². The van der Waals surface area contributed by atoms with E-state index in [1.165, 1.54) is 5.56 Å². The van der Waals surface area contributed by atoms with E-state index in [-0.39, 0.29) is 5.41 Å². The molecule has 0 saturated heterocycles. The fourth-order valence-corrected chi connectivity index (χ4v) is 2.82. The lowest BCUT2D eigenvalue weighted by Gasteiger charge is -2.23. The van der Waals surface area contributed by atoms with Crippen LogP contribution < -0.4 is 10.6 Å². The summed E-state index contributed by atoms with van der Waals surface area (Å²) in [5.74, 6) is 0. The standard InChI is InChI=1S/C20H22N4O/c1-20(2,3)15-7-10-23-16(11-15)13-24(19(21)25)18-6-4-5-14-12-22-9-8-17(14)18/h4-12H,13H2,1-3H3,(H2,21,25). The predicted molar refractivity (Wildman–Crippen MR) is 100 cm³/mol. The van der Waals surface area contributed by atoms with E-state index in [0.29, 0.717) is 6.54 Å². The molecule has 3 aromatic rings. The highest BCUT2D eigenvalue weighted by Crippen LogP contribution is 2.28. The second-order valence-electron chi connectivity index (χ2n) is 7.08. The summed E-state index contributed by atoms with van der Waals surface area (Å²) in [6.45, 7) is 6.77. The van der Waals surface area contributed by atoms with Crippen LogP contribution in [0.5, 0.6) is 0 Å². The highest BCUT2D eigenvalue weighted by molar-refractivity contribution is 6.02. The van der Waals surface area contributed by atoms with Crippen LogP contribution in [0, 0.1) is 0 Å². The smallest absolute Gasteiger partial charge is 0.319 e. The van der Waals surface area contributed by atoms with E-state index in [4.69, 9.17) is 5.73 Å². The first-order valence-corrected chi connectivity index (χ1v) is 8.21. The summed E-state index contributed by atoms with van der Waals surface area (Å²) >= 11 is 0. The van der Waals surface area contributed by atoms with Crippen molar-refractivity contribution in [3.8, 4) is 0 Å². The summed E-state index contributed by atoms with van der Waals surface area (Å²) in [7, 11) is 0. The van der Waals surface area contributed by atoms with Gasteiger partial charge in [0.25, 0.3) is 0 Å². The third kappa shape index (κ3) is 3.60. The Bertz CT molecular complexity index is 909. The van der Waals surface area contributed by atoms with Gasteiger partial charge in [0, 0.05) is 29.4 Å². The Hall–Kier alpha value is -2.95. The van der Waals surface area contributed by atoms with Crippen LogP contribution in [0.4, 0.5) is 10.5 Å². The number of primary amides is 1. The number of aromatic nitrogens is 2. The van der Waals surface area contributed by atoms with Crippen molar-refractivity contribution in [1.29, 1.82) is 0 Å². The second-order valence-corrected chi connectivity index (χ2v) is 7.08. The quantitative estimate of drug-likeness (QED) is 0.786. The summed E-state index contributed by atoms with van der Waals surface area (Å²) in [5.41, 5.74) is 8.42. The zero-order valence-electron chi connectivity index (χ0n) is 14.7. The molecule has 0 saturated carbocycles. The van der Waals surface area contributed by atoms with Gasteiger partial charge < -0.3 is 5.73 Å². The average molecular weight is 334 g/mol. The van der Waals surface area contributed by atoms with Gasteiger partial charge in [0.05, 0.1) is 17.9 Å². The molecule has 0 aliphatic carbocycles. The SMILES string of the molecule is CC(C)(C)c1ccnc(CN(C(N)=O)c2cccc3cnccc23)c1. The number of anilines is 1. The number of pyridine rings is 2. The fraction of sp³-hybridized carbons (Fsp3) is 0.250. The number of fused-ring (bicyclic) bond motifs is 1. The normalized spacial score (nSPS) is 11.5. The topological polar surface area (TPSA) is 72.1 Å². The van der Waals surface area contributed by atoms with Crippen molar-refractivity contribution in [1.82, 2.24) is 9.97 Å². The Morgan fingerprint density at radius 2 is 1.96 bits per heavy atom. The summed E-state index contributed by atoms with van der Waals surface area (Å²) in [6.07, 6.45) is 5.27. The molecule has 1 aromatic carbocycles. The van der Waals surface area contributed by atoms with E-state index in [2.05, 4.69) is 30.7 Å². The minimum atomic E-state index is -0.507. The molecule has 25 heavy (non-hydrogen) atoms. The van der Waals surface area contributed by atoms with Crippen molar-refractivity contribution in [2.45, 2.75) is 32.7 Å². The van der Waals surface area contributed by atoms with E-state index in [9.17, 15) is 4.79 Å². The molecule has 0 atom stereocenters. The first-order chi connectivity index (χ1) is 11.9. The molecular weight excluding hydrogens is 312 g/mol. The minimum absolute atomic E-state index is 0.0142. The van der Waals surface area contributed by atoms with Crippen LogP contribution in [-0.4, -0.2) is 16.0 Å². The molecule has 0 aliphatic heterocycles. The molecule has 0 bridgehead atoms. The fourth-order valence-electron chi connectivity index (χ4n) is 2.82. The van der Waals surface area contributed by atoms with Gasteiger partial charge in [-0.1, -0.05) is 32.9 Å². The highest BCUT2D eigenvalue weighted by Gasteiger charge is 2.19. The number of hydrogen-bond acceptors (Lipinski definition) is 3. The van der Waals surface area contributed by atoms with Crippen LogP contribution in [0.1, 0.15) is 32.0 Å². The maximum atomic E-state index is 12.1. The van der Waals surface area contributed by atoms with Gasteiger partial charge in [-0.05, 0) is 35.2 Å². The summed E-state index contributed by atoms with van der Waals surface area (Å²) in [5, 5.41) is 1.89. The molecule has 0 spiro atoms. The first kappa shape index (κ1) is 16.9. The Balaban J connectivity index is 2.02. The minimum Gasteiger partial charge on any atom is -0.351 e. The van der Waals surface area contributed by atoms with E-state index in [1.807, 2.05) is 36.4 Å². The molecular formula is C20H22N4O. The maximum absolute atomic E-state index is 12.1. The molecule has 3 rings (SSSR count). The number of carbonyl (C=O) groups excluding carboxylic acids is 1. The van der Waals surface area contributed by atoms with Crippen LogP contribution in [0.2, 0.25) is 0 Å². The van der Waals surface area contributed by atoms with Gasteiger partial charge in [-0.25, -0.2) is 4.79 Å². The number of amides is 2. The monoisotopic (exact) mass is 334 g/mol. The van der Waals surface area contributed by atoms with Crippen molar-refractivity contribution in [2.24, 2.45) is 5.73 Å². The van der Waals surface area contributed by atoms with Crippen molar-refractivity contribution in [3.05, 3.63) is 66.2 Å². The van der Waals surface area contributed by atoms with Crippen LogP contribution in [0.25, 0.3) is 10.8 Å². The van der Waals surface area contributed by atoms with Gasteiger partial charge in [0.2, 0.25) is 0 Å². The Labute approximate surface area is 147 Å². The lowest BCUT2D eigenvalue weighted by atomic mass is 9.87. The summed E-state index contributed by atoms with van der Waals surface area (Å²) in [4.78, 5) is 22.2. The Kier molecular flexibility index (Phi) is 4.40. The highest BCUT2D eigenvalue weighted by atomic mass is 16.2. The van der Waals surface area contributed by atoms with Crippen molar-refractivity contribution < 1.29 is 4.79 Å². The third-order valence-electron chi connectivity index (χ3n) is 4.22. The average Bonchev–Trinajstić information content (AvgIpc) is 2.58. The maximum Gasteiger partial charge on any atom is 0.319 e.